The summed E-state index contributed by atoms with van der Waals surface area (Å²) in [5, 5.41) is 12.5. The molecule has 0 saturated carbocycles. The normalized spacial score (nSPS) is 10.8. The highest BCUT2D eigenvalue weighted by molar-refractivity contribution is 6.48. The van der Waals surface area contributed by atoms with E-state index in [9.17, 15) is 9.82 Å². The van der Waals surface area contributed by atoms with Crippen LogP contribution in [0.1, 0.15) is 10.4 Å². The van der Waals surface area contributed by atoms with Crippen molar-refractivity contribution in [3.05, 3.63) is 28.8 Å². The Labute approximate surface area is 129 Å². The smallest absolute Gasteiger partial charge is 0.431 e. The van der Waals surface area contributed by atoms with Gasteiger partial charge in [-0.2, -0.15) is 0 Å². The predicted octanol–water partition coefficient (Wildman–Crippen LogP) is 1.19. The maximum absolute atomic E-state index is 11.5. The Morgan fingerprint density at radius 3 is 2.81 bits per heavy atom. The van der Waals surface area contributed by atoms with Crippen LogP contribution in [0.4, 0.5) is 5.69 Å². The average Bonchev–Trinajstić information content (AvgIpc) is 2.45. The van der Waals surface area contributed by atoms with E-state index in [4.69, 9.17) is 16.4 Å². The zero-order valence-corrected chi connectivity index (χ0v) is 12.6. The van der Waals surface area contributed by atoms with E-state index in [0.717, 1.165) is 0 Å². The molecule has 0 heterocycles. The largest absolute Gasteiger partial charge is 0.465 e. The van der Waals surface area contributed by atoms with Crippen LogP contribution in [0.25, 0.3) is 0 Å². The number of rotatable bonds is 5. The summed E-state index contributed by atoms with van der Waals surface area (Å²) in [4.78, 5) is 15.4. The standard InChI is InChI=1S/C11H15B2ClN3O4/c1-12-21-17-11(16-13(2)19)15-9-6-7(10(18)20-3)4-5-8(9)14/h4-6,19H,1-3H3,(H2,15,16,17). The lowest BCUT2D eigenvalue weighted by Crippen LogP contribution is -2.33. The van der Waals surface area contributed by atoms with Crippen LogP contribution in [0.15, 0.2) is 23.1 Å². The number of hydrogen-bond acceptors (Lipinski definition) is 5. The fourth-order valence-electron chi connectivity index (χ4n) is 1.38. The summed E-state index contributed by atoms with van der Waals surface area (Å²) in [6.07, 6.45) is 0. The van der Waals surface area contributed by atoms with Crippen LogP contribution in [0.3, 0.4) is 0 Å². The molecule has 0 aromatic heterocycles. The number of guanidine groups is 1. The molecule has 0 spiro atoms. The second kappa shape index (κ2) is 8.56. The van der Waals surface area contributed by atoms with E-state index >= 15 is 0 Å². The van der Waals surface area contributed by atoms with Gasteiger partial charge >= 0.3 is 20.5 Å². The number of esters is 1. The molecule has 111 valence electrons. The molecule has 1 rings (SSSR count). The van der Waals surface area contributed by atoms with Crippen LogP contribution in [0, 0.1) is 0 Å². The molecule has 10 heteroatoms. The van der Waals surface area contributed by atoms with Gasteiger partial charge in [-0.15, -0.1) is 0 Å². The highest BCUT2D eigenvalue weighted by Gasteiger charge is 2.11. The Morgan fingerprint density at radius 1 is 1.52 bits per heavy atom. The van der Waals surface area contributed by atoms with Crippen LogP contribution in [0.5, 0.6) is 0 Å². The molecule has 0 fully saturated rings. The Bertz CT molecular complexity index is 528. The molecule has 0 atom stereocenters. The van der Waals surface area contributed by atoms with Crippen molar-refractivity contribution >= 4 is 43.8 Å². The van der Waals surface area contributed by atoms with Gasteiger partial charge in [0.05, 0.1) is 23.4 Å². The zero-order chi connectivity index (χ0) is 15.8. The van der Waals surface area contributed by atoms with Crippen LogP contribution in [-0.2, 0) is 9.49 Å². The van der Waals surface area contributed by atoms with Crippen molar-refractivity contribution in [2.75, 3.05) is 12.4 Å². The van der Waals surface area contributed by atoms with Crippen LogP contribution in [0.2, 0.25) is 18.7 Å². The molecule has 7 nitrogen and oxygen atoms in total. The molecular formula is C11H15B2ClN3O4. The molecule has 0 aliphatic carbocycles. The lowest BCUT2D eigenvalue weighted by atomic mass is 9.91. The Morgan fingerprint density at radius 2 is 2.24 bits per heavy atom. The van der Waals surface area contributed by atoms with Crippen molar-refractivity contribution in [1.82, 2.24) is 5.48 Å². The summed E-state index contributed by atoms with van der Waals surface area (Å²) in [5.41, 5.74) is 3.22. The number of hydroxylamine groups is 1. The van der Waals surface area contributed by atoms with Crippen molar-refractivity contribution in [3.8, 4) is 0 Å². The molecule has 1 radical (unpaired) electrons. The zero-order valence-electron chi connectivity index (χ0n) is 11.9. The van der Waals surface area contributed by atoms with Crippen molar-refractivity contribution in [2.45, 2.75) is 13.6 Å². The lowest BCUT2D eigenvalue weighted by molar-refractivity contribution is 0.0601. The molecule has 0 bridgehead atoms. The van der Waals surface area contributed by atoms with Gasteiger partial charge in [-0.1, -0.05) is 18.4 Å². The van der Waals surface area contributed by atoms with Crippen LogP contribution < -0.4 is 10.8 Å². The molecule has 0 unspecified atom stereocenters. The van der Waals surface area contributed by atoms with Gasteiger partial charge in [0.25, 0.3) is 0 Å². The van der Waals surface area contributed by atoms with Gasteiger partial charge in [-0.05, 0) is 25.0 Å². The molecule has 0 aliphatic heterocycles. The number of halogens is 1. The first kappa shape index (κ1) is 17.4. The summed E-state index contributed by atoms with van der Waals surface area (Å²) < 4.78 is 9.53. The van der Waals surface area contributed by atoms with E-state index in [1.54, 1.807) is 12.9 Å². The second-order valence-electron chi connectivity index (χ2n) is 3.88. The number of methoxy groups -OCH3 is 1. The van der Waals surface area contributed by atoms with Crippen molar-refractivity contribution in [3.63, 3.8) is 0 Å². The Balaban J connectivity index is 2.99. The first-order valence-corrected chi connectivity index (χ1v) is 6.46. The quantitative estimate of drug-likeness (QED) is 0.249. The highest BCUT2D eigenvalue weighted by atomic mass is 35.5. The first-order chi connectivity index (χ1) is 9.97. The fraction of sp³-hybridized carbons (Fsp3) is 0.273. The summed E-state index contributed by atoms with van der Waals surface area (Å²) in [5.74, 6) is -0.359. The van der Waals surface area contributed by atoms with E-state index in [0.29, 0.717) is 16.3 Å². The molecule has 3 N–H and O–H groups in total. The number of ether oxygens (including phenoxy) is 1. The number of carbonyl (C=O) groups is 1. The topological polar surface area (TPSA) is 92.2 Å². The van der Waals surface area contributed by atoms with Crippen molar-refractivity contribution < 1.29 is 19.3 Å². The predicted molar refractivity (Wildman–Crippen MR) is 83.5 cm³/mol. The fourth-order valence-corrected chi connectivity index (χ4v) is 1.54. The molecule has 0 amide bonds. The maximum Gasteiger partial charge on any atom is 0.431 e. The molecule has 21 heavy (non-hydrogen) atoms. The summed E-state index contributed by atoms with van der Waals surface area (Å²) >= 11 is 6.05. The van der Waals surface area contributed by atoms with E-state index in [2.05, 4.69) is 20.4 Å². The highest BCUT2D eigenvalue weighted by Crippen LogP contribution is 2.23. The first-order valence-electron chi connectivity index (χ1n) is 6.08. The minimum absolute atomic E-state index is 0.131. The SMILES string of the molecule is C[B]ONC(=NB(C)O)Nc1cc(C(=O)OC)ccc1Cl. The number of carbonyl (C=O) groups excluding carboxylic acids is 1. The third-order valence-corrected chi connectivity index (χ3v) is 2.56. The summed E-state index contributed by atoms with van der Waals surface area (Å²) in [6, 6.07) is 4.58. The van der Waals surface area contributed by atoms with Gasteiger partial charge in [0, 0.05) is 0 Å². The molecular weight excluding hydrogens is 295 g/mol. The van der Waals surface area contributed by atoms with Gasteiger partial charge in [-0.3, -0.25) is 10.4 Å². The number of benzene rings is 1. The molecule has 0 saturated heterocycles. The van der Waals surface area contributed by atoms with E-state index in [-0.39, 0.29) is 5.96 Å². The number of nitrogens with zero attached hydrogens (tertiary/aromatic N) is 1. The van der Waals surface area contributed by atoms with E-state index in [1.165, 1.54) is 33.5 Å². The minimum atomic E-state index is -0.956. The number of anilines is 1. The Kier molecular flexibility index (Phi) is 7.07. The lowest BCUT2D eigenvalue weighted by Gasteiger charge is -2.14. The van der Waals surface area contributed by atoms with Crippen LogP contribution in [-0.4, -0.2) is 38.6 Å². The van der Waals surface area contributed by atoms with Gasteiger partial charge in [0.2, 0.25) is 5.96 Å². The molecule has 1 aromatic carbocycles. The van der Waals surface area contributed by atoms with Gasteiger partial charge < -0.3 is 19.8 Å². The minimum Gasteiger partial charge on any atom is -0.465 e. The molecule has 0 aliphatic rings. The monoisotopic (exact) mass is 310 g/mol. The van der Waals surface area contributed by atoms with Crippen molar-refractivity contribution in [2.24, 2.45) is 4.90 Å². The van der Waals surface area contributed by atoms with Gasteiger partial charge in [-0.25, -0.2) is 4.79 Å². The number of nitrogens with one attached hydrogen (secondary N) is 2. The van der Waals surface area contributed by atoms with E-state index < -0.39 is 13.0 Å². The average molecular weight is 310 g/mol. The van der Waals surface area contributed by atoms with Crippen LogP contribution >= 0.6 is 11.6 Å². The summed E-state index contributed by atoms with van der Waals surface area (Å²) in [6.45, 7) is 3.14. The third-order valence-electron chi connectivity index (χ3n) is 2.23. The number of hydrogen-bond donors (Lipinski definition) is 3. The van der Waals surface area contributed by atoms with Gasteiger partial charge in [0.1, 0.15) is 0 Å². The summed E-state index contributed by atoms with van der Waals surface area (Å²) in [7, 11) is 1.73. The van der Waals surface area contributed by atoms with E-state index in [1.807, 2.05) is 0 Å². The Hall–Kier alpha value is -1.70. The maximum atomic E-state index is 11.5. The third kappa shape index (κ3) is 5.66. The molecule has 1 aromatic rings. The van der Waals surface area contributed by atoms with Gasteiger partial charge in [0.15, 0.2) is 0 Å². The second-order valence-corrected chi connectivity index (χ2v) is 4.28. The van der Waals surface area contributed by atoms with Crippen molar-refractivity contribution in [1.29, 1.82) is 0 Å².